The van der Waals surface area contributed by atoms with Gasteiger partial charge in [0, 0.05) is 18.5 Å². The number of nitrogens with one attached hydrogen (secondary N) is 1. The molecule has 1 aromatic rings. The monoisotopic (exact) mass is 209 g/mol. The third-order valence-corrected chi connectivity index (χ3v) is 2.26. The molecule has 0 fully saturated rings. The Morgan fingerprint density at radius 3 is 3.07 bits per heavy atom. The molecule has 1 heterocycles. The van der Waals surface area contributed by atoms with Gasteiger partial charge in [-0.15, -0.1) is 0 Å². The number of rotatable bonds is 3. The largest absolute Gasteiger partial charge is 0.490 e. The van der Waals surface area contributed by atoms with Crippen LogP contribution in [0.1, 0.15) is 12.0 Å². The number of hydrogen-bond acceptors (Lipinski definition) is 4. The first-order chi connectivity index (χ1) is 7.42. The van der Waals surface area contributed by atoms with Gasteiger partial charge in [-0.1, -0.05) is 12.1 Å². The molecule has 0 atom stereocenters. The van der Waals surface area contributed by atoms with Crippen molar-refractivity contribution in [1.29, 1.82) is 0 Å². The Morgan fingerprint density at radius 2 is 2.20 bits per heavy atom. The van der Waals surface area contributed by atoms with Gasteiger partial charge in [0.1, 0.15) is 0 Å². The van der Waals surface area contributed by atoms with Gasteiger partial charge in [0.2, 0.25) is 0 Å². The van der Waals surface area contributed by atoms with Crippen LogP contribution in [0.15, 0.2) is 18.2 Å². The number of benzene rings is 1. The molecule has 1 N–H and O–H groups in total. The molecule has 4 heteroatoms. The summed E-state index contributed by atoms with van der Waals surface area (Å²) in [5.74, 6) is 1.66. The van der Waals surface area contributed by atoms with Crippen molar-refractivity contribution in [3.05, 3.63) is 23.8 Å². The predicted octanol–water partition coefficient (Wildman–Crippen LogP) is 1.50. The van der Waals surface area contributed by atoms with E-state index in [9.17, 15) is 0 Å². The van der Waals surface area contributed by atoms with Crippen molar-refractivity contribution in [2.75, 3.05) is 20.3 Å². The fourth-order valence-electron chi connectivity index (χ4n) is 1.54. The van der Waals surface area contributed by atoms with Crippen LogP contribution in [0.25, 0.3) is 0 Å². The maximum Gasteiger partial charge on any atom is 0.165 e. The van der Waals surface area contributed by atoms with Gasteiger partial charge in [-0.05, 0) is 6.07 Å². The van der Waals surface area contributed by atoms with Crippen LogP contribution in [-0.2, 0) is 11.4 Å². The standard InChI is InChI=1S/C11H15NO3/c1-13-12-8-9-4-2-5-10-11(9)15-7-3-6-14-10/h2,4-5,12H,3,6-8H2,1H3. The number of hydrogen-bond donors (Lipinski definition) is 1. The van der Waals surface area contributed by atoms with E-state index < -0.39 is 0 Å². The van der Waals surface area contributed by atoms with E-state index in [2.05, 4.69) is 5.48 Å². The Labute approximate surface area is 89.1 Å². The maximum absolute atomic E-state index is 5.66. The average molecular weight is 209 g/mol. The van der Waals surface area contributed by atoms with E-state index in [-0.39, 0.29) is 0 Å². The molecular weight excluding hydrogens is 194 g/mol. The Morgan fingerprint density at radius 1 is 1.33 bits per heavy atom. The third kappa shape index (κ3) is 2.40. The van der Waals surface area contributed by atoms with Gasteiger partial charge in [0.25, 0.3) is 0 Å². The quantitative estimate of drug-likeness (QED) is 0.766. The summed E-state index contributed by atoms with van der Waals surface area (Å²) in [5.41, 5.74) is 3.85. The van der Waals surface area contributed by atoms with Gasteiger partial charge in [-0.3, -0.25) is 0 Å². The summed E-state index contributed by atoms with van der Waals surface area (Å²) in [6, 6.07) is 5.89. The van der Waals surface area contributed by atoms with Gasteiger partial charge >= 0.3 is 0 Å². The molecule has 15 heavy (non-hydrogen) atoms. The van der Waals surface area contributed by atoms with E-state index in [4.69, 9.17) is 14.3 Å². The second-order valence-corrected chi connectivity index (χ2v) is 3.32. The van der Waals surface area contributed by atoms with Gasteiger partial charge in [0.05, 0.1) is 20.3 Å². The average Bonchev–Trinajstić information content (AvgIpc) is 2.51. The highest BCUT2D eigenvalue weighted by Gasteiger charge is 2.13. The molecule has 4 nitrogen and oxygen atoms in total. The molecule has 0 unspecified atom stereocenters. The summed E-state index contributed by atoms with van der Waals surface area (Å²) < 4.78 is 11.2. The lowest BCUT2D eigenvalue weighted by molar-refractivity contribution is 0.0859. The summed E-state index contributed by atoms with van der Waals surface area (Å²) >= 11 is 0. The van der Waals surface area contributed by atoms with Crippen molar-refractivity contribution in [2.24, 2.45) is 0 Å². The summed E-state index contributed by atoms with van der Waals surface area (Å²) in [6.45, 7) is 2.04. The van der Waals surface area contributed by atoms with Gasteiger partial charge in [-0.25, -0.2) is 0 Å². The summed E-state index contributed by atoms with van der Waals surface area (Å²) in [7, 11) is 1.60. The maximum atomic E-state index is 5.66. The van der Waals surface area contributed by atoms with E-state index in [1.54, 1.807) is 7.11 Å². The van der Waals surface area contributed by atoms with Crippen molar-refractivity contribution >= 4 is 0 Å². The molecule has 1 aromatic carbocycles. The summed E-state index contributed by atoms with van der Waals surface area (Å²) in [5, 5.41) is 0. The van der Waals surface area contributed by atoms with Crippen LogP contribution in [0.3, 0.4) is 0 Å². The zero-order valence-electron chi connectivity index (χ0n) is 8.79. The molecule has 0 aliphatic carbocycles. The Balaban J connectivity index is 2.22. The van der Waals surface area contributed by atoms with E-state index in [0.29, 0.717) is 19.8 Å². The third-order valence-electron chi connectivity index (χ3n) is 2.26. The minimum Gasteiger partial charge on any atom is -0.490 e. The first kappa shape index (κ1) is 10.3. The first-order valence-corrected chi connectivity index (χ1v) is 5.05. The van der Waals surface area contributed by atoms with Crippen LogP contribution in [-0.4, -0.2) is 20.3 Å². The van der Waals surface area contributed by atoms with Crippen molar-refractivity contribution in [1.82, 2.24) is 5.48 Å². The van der Waals surface area contributed by atoms with Crippen LogP contribution in [0.2, 0.25) is 0 Å². The molecule has 1 aliphatic heterocycles. The fraction of sp³-hybridized carbons (Fsp3) is 0.455. The topological polar surface area (TPSA) is 39.7 Å². The molecular formula is C11H15NO3. The normalized spacial score (nSPS) is 14.7. The molecule has 0 amide bonds. The van der Waals surface area contributed by atoms with Crippen LogP contribution in [0.5, 0.6) is 11.5 Å². The molecule has 1 aliphatic rings. The van der Waals surface area contributed by atoms with Crippen molar-refractivity contribution < 1.29 is 14.3 Å². The molecule has 2 rings (SSSR count). The Bertz CT molecular complexity index is 328. The number of fused-ring (bicyclic) bond motifs is 1. The molecule has 82 valence electrons. The van der Waals surface area contributed by atoms with Crippen LogP contribution < -0.4 is 15.0 Å². The van der Waals surface area contributed by atoms with E-state index in [1.165, 1.54) is 0 Å². The van der Waals surface area contributed by atoms with Crippen molar-refractivity contribution in [3.8, 4) is 11.5 Å². The van der Waals surface area contributed by atoms with Crippen molar-refractivity contribution in [2.45, 2.75) is 13.0 Å². The number of hydroxylamine groups is 1. The second-order valence-electron chi connectivity index (χ2n) is 3.32. The molecule has 0 saturated heterocycles. The smallest absolute Gasteiger partial charge is 0.165 e. The highest BCUT2D eigenvalue weighted by atomic mass is 16.6. The van der Waals surface area contributed by atoms with Gasteiger partial charge in [-0.2, -0.15) is 5.48 Å². The molecule has 0 aromatic heterocycles. The first-order valence-electron chi connectivity index (χ1n) is 5.05. The lowest BCUT2D eigenvalue weighted by Crippen LogP contribution is -2.12. The SMILES string of the molecule is CONCc1cccc2c1OCCCO2. The van der Waals surface area contributed by atoms with E-state index in [0.717, 1.165) is 23.5 Å². The van der Waals surface area contributed by atoms with Gasteiger partial charge in [0.15, 0.2) is 11.5 Å². The lowest BCUT2D eigenvalue weighted by atomic mass is 10.2. The molecule has 0 bridgehead atoms. The van der Waals surface area contributed by atoms with Crippen LogP contribution in [0, 0.1) is 0 Å². The number of ether oxygens (including phenoxy) is 2. The van der Waals surface area contributed by atoms with E-state index >= 15 is 0 Å². The van der Waals surface area contributed by atoms with Gasteiger partial charge < -0.3 is 14.3 Å². The zero-order chi connectivity index (χ0) is 10.5. The predicted molar refractivity (Wildman–Crippen MR) is 55.9 cm³/mol. The van der Waals surface area contributed by atoms with Crippen LogP contribution in [0.4, 0.5) is 0 Å². The van der Waals surface area contributed by atoms with Crippen LogP contribution >= 0.6 is 0 Å². The molecule has 0 saturated carbocycles. The highest BCUT2D eigenvalue weighted by Crippen LogP contribution is 2.32. The summed E-state index contributed by atoms with van der Waals surface area (Å²) in [4.78, 5) is 4.82. The van der Waals surface area contributed by atoms with E-state index in [1.807, 2.05) is 18.2 Å². The minimum absolute atomic E-state index is 0.614. The number of para-hydroxylation sites is 1. The van der Waals surface area contributed by atoms with Crippen molar-refractivity contribution in [3.63, 3.8) is 0 Å². The molecule has 0 radical (unpaired) electrons. The fourth-order valence-corrected chi connectivity index (χ4v) is 1.54. The zero-order valence-corrected chi connectivity index (χ0v) is 8.79. The highest BCUT2D eigenvalue weighted by molar-refractivity contribution is 5.46. The minimum atomic E-state index is 0.614. The summed E-state index contributed by atoms with van der Waals surface area (Å²) in [6.07, 6.45) is 0.922. The second kappa shape index (κ2) is 5.00. The molecule has 0 spiro atoms. The Kier molecular flexibility index (Phi) is 3.42. The lowest BCUT2D eigenvalue weighted by Gasteiger charge is -2.12. The Hall–Kier alpha value is -1.26.